The number of carbonyl (C=O) groups excluding carboxylic acids is 1. The Balaban J connectivity index is 2.72. The Bertz CT molecular complexity index is 368. The maximum Gasteiger partial charge on any atom is 0.251 e. The molecular weight excluding hydrogens is 289 g/mol. The van der Waals surface area contributed by atoms with E-state index < -0.39 is 0 Å². The molecule has 0 aliphatic heterocycles. The number of benzene rings is 1. The number of hydrogen-bond donors (Lipinski definition) is 1. The Morgan fingerprint density at radius 2 is 2.19 bits per heavy atom. The summed E-state index contributed by atoms with van der Waals surface area (Å²) in [6.45, 7) is 4.07. The molecule has 1 N–H and O–H groups in total. The molecule has 1 amide bonds. The van der Waals surface area contributed by atoms with Gasteiger partial charge in [0.15, 0.2) is 0 Å². The van der Waals surface area contributed by atoms with Gasteiger partial charge in [0, 0.05) is 22.0 Å². The largest absolute Gasteiger partial charge is 0.348 e. The summed E-state index contributed by atoms with van der Waals surface area (Å²) in [5.41, 5.74) is 0.644. The molecule has 1 aromatic rings. The third-order valence-corrected chi connectivity index (χ3v) is 3.20. The Morgan fingerprint density at radius 3 is 2.69 bits per heavy atom. The van der Waals surface area contributed by atoms with E-state index in [1.807, 2.05) is 26.0 Å². The molecule has 16 heavy (non-hydrogen) atoms. The van der Waals surface area contributed by atoms with Crippen LogP contribution in [0.4, 0.5) is 0 Å². The van der Waals surface area contributed by atoms with E-state index in [1.54, 1.807) is 12.1 Å². The van der Waals surface area contributed by atoms with Gasteiger partial charge in [-0.05, 0) is 24.1 Å². The topological polar surface area (TPSA) is 29.1 Å². The van der Waals surface area contributed by atoms with Crippen LogP contribution in [0.25, 0.3) is 0 Å². The summed E-state index contributed by atoms with van der Waals surface area (Å²) in [6, 6.07) is 7.31. The van der Waals surface area contributed by atoms with Crippen molar-refractivity contribution in [3.8, 4) is 0 Å². The molecule has 0 aromatic heterocycles. The van der Waals surface area contributed by atoms with E-state index in [0.29, 0.717) is 17.4 Å². The minimum absolute atomic E-state index is 0.00754. The predicted molar refractivity (Wildman–Crippen MR) is 71.0 cm³/mol. The number of rotatable bonds is 4. The van der Waals surface area contributed by atoms with Gasteiger partial charge in [-0.1, -0.05) is 35.8 Å². The molecule has 1 unspecified atom stereocenters. The second kappa shape index (κ2) is 6.26. The van der Waals surface area contributed by atoms with Gasteiger partial charge in [-0.2, -0.15) is 0 Å². The van der Waals surface area contributed by atoms with Crippen molar-refractivity contribution in [3.63, 3.8) is 0 Å². The van der Waals surface area contributed by atoms with Gasteiger partial charge < -0.3 is 5.32 Å². The van der Waals surface area contributed by atoms with Gasteiger partial charge in [0.05, 0.1) is 0 Å². The van der Waals surface area contributed by atoms with E-state index >= 15 is 0 Å². The summed E-state index contributed by atoms with van der Waals surface area (Å²) in [6.07, 6.45) is 0. The fourth-order valence-corrected chi connectivity index (χ4v) is 2.10. The summed E-state index contributed by atoms with van der Waals surface area (Å²) in [4.78, 5) is 11.9. The SMILES string of the molecule is CC(C)C(CCl)NC(=O)c1cccc(Br)c1. The van der Waals surface area contributed by atoms with E-state index in [0.717, 1.165) is 4.47 Å². The van der Waals surface area contributed by atoms with Crippen LogP contribution < -0.4 is 5.32 Å². The van der Waals surface area contributed by atoms with Crippen molar-refractivity contribution in [2.24, 2.45) is 5.92 Å². The van der Waals surface area contributed by atoms with E-state index in [9.17, 15) is 4.79 Å². The molecule has 0 fully saturated rings. The van der Waals surface area contributed by atoms with Crippen LogP contribution in [0.3, 0.4) is 0 Å². The highest BCUT2D eigenvalue weighted by atomic mass is 79.9. The normalized spacial score (nSPS) is 12.6. The first kappa shape index (κ1) is 13.5. The zero-order chi connectivity index (χ0) is 12.1. The Labute approximate surface area is 110 Å². The maximum absolute atomic E-state index is 11.9. The van der Waals surface area contributed by atoms with Gasteiger partial charge in [-0.15, -0.1) is 11.6 Å². The van der Waals surface area contributed by atoms with E-state index in [-0.39, 0.29) is 11.9 Å². The summed E-state index contributed by atoms with van der Waals surface area (Å²) in [7, 11) is 0. The molecule has 0 saturated heterocycles. The third kappa shape index (κ3) is 3.80. The minimum atomic E-state index is -0.0827. The van der Waals surface area contributed by atoms with Crippen LogP contribution in [0.15, 0.2) is 28.7 Å². The number of amides is 1. The third-order valence-electron chi connectivity index (χ3n) is 2.37. The van der Waals surface area contributed by atoms with Gasteiger partial charge in [0.25, 0.3) is 5.91 Å². The average Bonchev–Trinajstić information content (AvgIpc) is 2.25. The summed E-state index contributed by atoms with van der Waals surface area (Å²) in [5, 5.41) is 2.92. The quantitative estimate of drug-likeness (QED) is 0.848. The molecule has 1 rings (SSSR count). The number of carbonyl (C=O) groups is 1. The van der Waals surface area contributed by atoms with E-state index in [1.165, 1.54) is 0 Å². The van der Waals surface area contributed by atoms with Crippen molar-refractivity contribution in [2.45, 2.75) is 19.9 Å². The highest BCUT2D eigenvalue weighted by molar-refractivity contribution is 9.10. The first-order chi connectivity index (χ1) is 7.54. The molecule has 0 aliphatic carbocycles. The maximum atomic E-state index is 11.9. The van der Waals surface area contributed by atoms with E-state index in [2.05, 4.69) is 21.2 Å². The second-order valence-electron chi connectivity index (χ2n) is 3.99. The monoisotopic (exact) mass is 303 g/mol. The number of alkyl halides is 1. The summed E-state index contributed by atoms with van der Waals surface area (Å²) < 4.78 is 0.895. The van der Waals surface area contributed by atoms with Gasteiger partial charge in [-0.25, -0.2) is 0 Å². The zero-order valence-corrected chi connectivity index (χ0v) is 11.7. The number of nitrogens with one attached hydrogen (secondary N) is 1. The Kier molecular flexibility index (Phi) is 5.29. The van der Waals surface area contributed by atoms with Crippen molar-refractivity contribution >= 4 is 33.4 Å². The van der Waals surface area contributed by atoms with Crippen molar-refractivity contribution < 1.29 is 4.79 Å². The lowest BCUT2D eigenvalue weighted by atomic mass is 10.1. The molecule has 1 atom stereocenters. The lowest BCUT2D eigenvalue weighted by Crippen LogP contribution is -2.39. The molecule has 2 nitrogen and oxygen atoms in total. The molecule has 0 bridgehead atoms. The van der Waals surface area contributed by atoms with Gasteiger partial charge in [0.1, 0.15) is 0 Å². The van der Waals surface area contributed by atoms with Gasteiger partial charge in [-0.3, -0.25) is 4.79 Å². The molecule has 0 heterocycles. The molecule has 4 heteroatoms. The fourth-order valence-electron chi connectivity index (χ4n) is 1.26. The molecule has 88 valence electrons. The second-order valence-corrected chi connectivity index (χ2v) is 5.21. The highest BCUT2D eigenvalue weighted by Gasteiger charge is 2.15. The smallest absolute Gasteiger partial charge is 0.251 e. The van der Waals surface area contributed by atoms with Crippen LogP contribution >= 0.6 is 27.5 Å². The van der Waals surface area contributed by atoms with Crippen LogP contribution in [0.5, 0.6) is 0 Å². The Morgan fingerprint density at radius 1 is 1.50 bits per heavy atom. The van der Waals surface area contributed by atoms with Crippen LogP contribution in [0.1, 0.15) is 24.2 Å². The molecule has 0 radical (unpaired) electrons. The first-order valence-electron chi connectivity index (χ1n) is 5.17. The molecule has 0 saturated carbocycles. The highest BCUT2D eigenvalue weighted by Crippen LogP contribution is 2.12. The predicted octanol–water partition coefficient (Wildman–Crippen LogP) is 3.44. The molecule has 1 aromatic carbocycles. The molecular formula is C12H15BrClNO. The van der Waals surface area contributed by atoms with Crippen molar-refractivity contribution in [2.75, 3.05) is 5.88 Å². The number of halogens is 2. The zero-order valence-electron chi connectivity index (χ0n) is 9.34. The van der Waals surface area contributed by atoms with E-state index in [4.69, 9.17) is 11.6 Å². The van der Waals surface area contributed by atoms with Crippen LogP contribution in [-0.4, -0.2) is 17.8 Å². The van der Waals surface area contributed by atoms with Crippen LogP contribution in [0, 0.1) is 5.92 Å². The average molecular weight is 305 g/mol. The lowest BCUT2D eigenvalue weighted by Gasteiger charge is -2.19. The van der Waals surface area contributed by atoms with Crippen LogP contribution in [0.2, 0.25) is 0 Å². The molecule has 0 spiro atoms. The number of hydrogen-bond acceptors (Lipinski definition) is 1. The van der Waals surface area contributed by atoms with Crippen molar-refractivity contribution in [1.29, 1.82) is 0 Å². The summed E-state index contributed by atoms with van der Waals surface area (Å²) >= 11 is 9.14. The standard InChI is InChI=1S/C12H15BrClNO/c1-8(2)11(7-14)15-12(16)9-4-3-5-10(13)6-9/h3-6,8,11H,7H2,1-2H3,(H,15,16). The Hall–Kier alpha value is -0.540. The first-order valence-corrected chi connectivity index (χ1v) is 6.49. The van der Waals surface area contributed by atoms with Crippen molar-refractivity contribution in [1.82, 2.24) is 5.32 Å². The molecule has 0 aliphatic rings. The van der Waals surface area contributed by atoms with Crippen LogP contribution in [-0.2, 0) is 0 Å². The minimum Gasteiger partial charge on any atom is -0.348 e. The van der Waals surface area contributed by atoms with Gasteiger partial charge in [0.2, 0.25) is 0 Å². The summed E-state index contributed by atoms with van der Waals surface area (Å²) in [5.74, 6) is 0.673. The van der Waals surface area contributed by atoms with Gasteiger partial charge >= 0.3 is 0 Å². The lowest BCUT2D eigenvalue weighted by molar-refractivity contribution is 0.0931. The fraction of sp³-hybridized carbons (Fsp3) is 0.417. The van der Waals surface area contributed by atoms with Crippen molar-refractivity contribution in [3.05, 3.63) is 34.3 Å².